The molecule has 0 fully saturated rings. The monoisotopic (exact) mass is 349 g/mol. The molecule has 0 N–H and O–H groups in total. The molecule has 0 aliphatic heterocycles. The van der Waals surface area contributed by atoms with E-state index >= 15 is 0 Å². The van der Waals surface area contributed by atoms with Gasteiger partial charge in [-0.1, -0.05) is 51.1 Å². The Morgan fingerprint density at radius 2 is 1.85 bits per heavy atom. The van der Waals surface area contributed by atoms with E-state index < -0.39 is 5.97 Å². The molecule has 26 heavy (non-hydrogen) atoms. The molecule has 0 heterocycles. The number of carbonyl (C=O) groups is 1. The van der Waals surface area contributed by atoms with E-state index in [0.717, 1.165) is 23.3 Å². The Hall–Kier alpha value is -3.06. The first-order valence-electron chi connectivity index (χ1n) is 8.71. The van der Waals surface area contributed by atoms with Crippen LogP contribution < -0.4 is 9.47 Å². The summed E-state index contributed by atoms with van der Waals surface area (Å²) in [6.07, 6.45) is 2.45. The minimum absolute atomic E-state index is 0.0502. The zero-order valence-corrected chi connectivity index (χ0v) is 15.4. The van der Waals surface area contributed by atoms with Gasteiger partial charge >= 0.3 is 5.97 Å². The quantitative estimate of drug-likeness (QED) is 0.301. The second-order valence-electron chi connectivity index (χ2n) is 6.17. The van der Waals surface area contributed by atoms with E-state index in [4.69, 9.17) is 9.47 Å². The van der Waals surface area contributed by atoms with Gasteiger partial charge in [0.15, 0.2) is 0 Å². The number of benzene rings is 2. The van der Waals surface area contributed by atoms with Crippen LogP contribution in [-0.4, -0.2) is 12.6 Å². The van der Waals surface area contributed by atoms with Crippen LogP contribution in [0.4, 0.5) is 0 Å². The molecule has 0 amide bonds. The van der Waals surface area contributed by atoms with Gasteiger partial charge in [0.05, 0.1) is 6.61 Å². The summed E-state index contributed by atoms with van der Waals surface area (Å²) in [4.78, 5) is 12.4. The Morgan fingerprint density at radius 3 is 2.46 bits per heavy atom. The molecular formula is C22H23NO3. The number of ether oxygens (including phenoxy) is 2. The highest BCUT2D eigenvalue weighted by Crippen LogP contribution is 2.26. The van der Waals surface area contributed by atoms with E-state index in [1.54, 1.807) is 24.3 Å². The van der Waals surface area contributed by atoms with Gasteiger partial charge in [-0.05, 0) is 47.7 Å². The summed E-state index contributed by atoms with van der Waals surface area (Å²) in [6, 6.07) is 16.5. The molecule has 0 aliphatic carbocycles. The molecule has 2 aromatic rings. The molecule has 4 nitrogen and oxygen atoms in total. The van der Waals surface area contributed by atoms with Gasteiger partial charge in [-0.25, -0.2) is 4.79 Å². The molecule has 0 saturated heterocycles. The lowest BCUT2D eigenvalue weighted by Crippen LogP contribution is -2.11. The number of para-hydroxylation sites is 1. The Morgan fingerprint density at radius 1 is 1.15 bits per heavy atom. The molecule has 2 rings (SSSR count). The highest BCUT2D eigenvalue weighted by atomic mass is 16.5. The lowest BCUT2D eigenvalue weighted by atomic mass is 10.0. The lowest BCUT2D eigenvalue weighted by Gasteiger charge is -2.12. The van der Waals surface area contributed by atoms with Crippen LogP contribution in [0.15, 0.2) is 54.1 Å². The van der Waals surface area contributed by atoms with Gasteiger partial charge in [0.25, 0.3) is 0 Å². The molecule has 134 valence electrons. The third kappa shape index (κ3) is 5.22. The maximum Gasteiger partial charge on any atom is 0.354 e. The Balaban J connectivity index is 2.16. The number of esters is 1. The van der Waals surface area contributed by atoms with E-state index in [0.29, 0.717) is 12.4 Å². The SMILES string of the molecule is CCCOc1ccc(C=C(C#N)C(=O)Oc2ccccc2C(C)C)cc1. The standard InChI is InChI=1S/C22H23NO3/c1-4-13-25-19-11-9-17(10-12-19)14-18(15-23)22(24)26-21-8-6-5-7-20(21)16(2)3/h5-12,14,16H,4,13H2,1-3H3. The molecule has 4 heteroatoms. The van der Waals surface area contributed by atoms with Crippen molar-refractivity contribution in [1.29, 1.82) is 5.26 Å². The molecule has 0 bridgehead atoms. The van der Waals surface area contributed by atoms with Crippen LogP contribution in [0.25, 0.3) is 6.08 Å². The Kier molecular flexibility index (Phi) is 6.99. The third-order valence-corrected chi connectivity index (χ3v) is 3.75. The third-order valence-electron chi connectivity index (χ3n) is 3.75. The van der Waals surface area contributed by atoms with Crippen molar-refractivity contribution < 1.29 is 14.3 Å². The van der Waals surface area contributed by atoms with E-state index in [1.165, 1.54) is 6.08 Å². The van der Waals surface area contributed by atoms with Crippen molar-refractivity contribution in [2.45, 2.75) is 33.1 Å². The molecule has 0 aliphatic rings. The average molecular weight is 349 g/mol. The second-order valence-corrected chi connectivity index (χ2v) is 6.17. The fourth-order valence-corrected chi connectivity index (χ4v) is 2.39. The predicted molar refractivity (Wildman–Crippen MR) is 102 cm³/mol. The van der Waals surface area contributed by atoms with Crippen LogP contribution in [0.3, 0.4) is 0 Å². The van der Waals surface area contributed by atoms with Crippen molar-refractivity contribution in [3.8, 4) is 17.6 Å². The zero-order valence-electron chi connectivity index (χ0n) is 15.4. The molecule has 0 saturated carbocycles. The van der Waals surface area contributed by atoms with Gasteiger partial charge in [0.1, 0.15) is 23.1 Å². The van der Waals surface area contributed by atoms with Crippen molar-refractivity contribution in [2.75, 3.05) is 6.61 Å². The van der Waals surface area contributed by atoms with Gasteiger partial charge in [0, 0.05) is 0 Å². The first-order chi connectivity index (χ1) is 12.5. The predicted octanol–water partition coefficient (Wildman–Crippen LogP) is 5.11. The first-order valence-corrected chi connectivity index (χ1v) is 8.71. The van der Waals surface area contributed by atoms with E-state index in [-0.39, 0.29) is 11.5 Å². The van der Waals surface area contributed by atoms with Crippen molar-refractivity contribution in [3.05, 3.63) is 65.2 Å². The van der Waals surface area contributed by atoms with Crippen LogP contribution in [-0.2, 0) is 4.79 Å². The zero-order chi connectivity index (χ0) is 18.9. The fraction of sp³-hybridized carbons (Fsp3) is 0.273. The molecule has 2 aromatic carbocycles. The Labute approximate surface area is 154 Å². The van der Waals surface area contributed by atoms with Gasteiger partial charge < -0.3 is 9.47 Å². The average Bonchev–Trinajstić information content (AvgIpc) is 2.65. The van der Waals surface area contributed by atoms with Crippen LogP contribution in [0, 0.1) is 11.3 Å². The maximum absolute atomic E-state index is 12.4. The molecule has 0 spiro atoms. The lowest BCUT2D eigenvalue weighted by molar-refractivity contribution is -0.129. The summed E-state index contributed by atoms with van der Waals surface area (Å²) < 4.78 is 11.0. The smallest absolute Gasteiger partial charge is 0.354 e. The fourth-order valence-electron chi connectivity index (χ4n) is 2.39. The van der Waals surface area contributed by atoms with Gasteiger partial charge in [-0.2, -0.15) is 5.26 Å². The molecule has 0 atom stereocenters. The largest absolute Gasteiger partial charge is 0.494 e. The van der Waals surface area contributed by atoms with Gasteiger partial charge in [0.2, 0.25) is 0 Å². The number of rotatable bonds is 7. The van der Waals surface area contributed by atoms with Crippen LogP contribution in [0.1, 0.15) is 44.2 Å². The first kappa shape index (κ1) is 19.3. The molecule has 0 unspecified atom stereocenters. The molecule has 0 aromatic heterocycles. The van der Waals surface area contributed by atoms with Gasteiger partial charge in [-0.3, -0.25) is 0 Å². The summed E-state index contributed by atoms with van der Waals surface area (Å²) in [5.41, 5.74) is 1.61. The number of nitrogens with zero attached hydrogens (tertiary/aromatic N) is 1. The summed E-state index contributed by atoms with van der Waals surface area (Å²) in [5, 5.41) is 9.34. The number of hydrogen-bond donors (Lipinski definition) is 0. The van der Waals surface area contributed by atoms with Crippen LogP contribution in [0.2, 0.25) is 0 Å². The topological polar surface area (TPSA) is 59.3 Å². The summed E-state index contributed by atoms with van der Waals surface area (Å²) >= 11 is 0. The number of nitriles is 1. The Bertz CT molecular complexity index is 814. The second kappa shape index (κ2) is 9.43. The van der Waals surface area contributed by atoms with Crippen molar-refractivity contribution in [3.63, 3.8) is 0 Å². The number of carbonyl (C=O) groups excluding carboxylic acids is 1. The highest BCUT2D eigenvalue weighted by molar-refractivity contribution is 5.99. The molecular weight excluding hydrogens is 326 g/mol. The van der Waals surface area contributed by atoms with Crippen LogP contribution >= 0.6 is 0 Å². The number of hydrogen-bond acceptors (Lipinski definition) is 4. The van der Waals surface area contributed by atoms with Crippen molar-refractivity contribution in [2.24, 2.45) is 0 Å². The normalized spacial score (nSPS) is 11.1. The molecule has 0 radical (unpaired) electrons. The summed E-state index contributed by atoms with van der Waals surface area (Å²) in [6.45, 7) is 6.74. The van der Waals surface area contributed by atoms with E-state index in [9.17, 15) is 10.1 Å². The minimum Gasteiger partial charge on any atom is -0.494 e. The maximum atomic E-state index is 12.4. The summed E-state index contributed by atoms with van der Waals surface area (Å²) in [7, 11) is 0. The van der Waals surface area contributed by atoms with Gasteiger partial charge in [-0.15, -0.1) is 0 Å². The van der Waals surface area contributed by atoms with Crippen molar-refractivity contribution in [1.82, 2.24) is 0 Å². The van der Waals surface area contributed by atoms with E-state index in [1.807, 2.05) is 51.1 Å². The minimum atomic E-state index is -0.660. The van der Waals surface area contributed by atoms with Crippen molar-refractivity contribution >= 4 is 12.0 Å². The highest BCUT2D eigenvalue weighted by Gasteiger charge is 2.15. The van der Waals surface area contributed by atoms with Crippen LogP contribution in [0.5, 0.6) is 11.5 Å². The van der Waals surface area contributed by atoms with E-state index in [2.05, 4.69) is 0 Å². The summed E-state index contributed by atoms with van der Waals surface area (Å²) in [5.74, 6) is 0.795.